The maximum Gasteiger partial charge on any atom is 0.251 e. The van der Waals surface area contributed by atoms with E-state index in [2.05, 4.69) is 25.7 Å². The quantitative estimate of drug-likeness (QED) is 0.549. The van der Waals surface area contributed by atoms with Crippen molar-refractivity contribution >= 4 is 5.91 Å². The minimum Gasteiger partial charge on any atom is -0.492 e. The normalized spacial score (nSPS) is 17.8. The second-order valence-electron chi connectivity index (χ2n) is 8.40. The third-order valence-corrected chi connectivity index (χ3v) is 6.07. The molecule has 0 radical (unpaired) electrons. The van der Waals surface area contributed by atoms with E-state index in [0.717, 1.165) is 24.1 Å². The predicted molar refractivity (Wildman–Crippen MR) is 120 cm³/mol. The first kappa shape index (κ1) is 22.1. The highest BCUT2D eigenvalue weighted by molar-refractivity contribution is 5.94. The van der Waals surface area contributed by atoms with Crippen molar-refractivity contribution < 1.29 is 24.1 Å². The molecule has 34 heavy (non-hydrogen) atoms. The van der Waals surface area contributed by atoms with Crippen molar-refractivity contribution in [3.8, 4) is 22.9 Å². The van der Waals surface area contributed by atoms with Crippen molar-refractivity contribution in [1.82, 2.24) is 30.4 Å². The third-order valence-electron chi connectivity index (χ3n) is 6.07. The Balaban J connectivity index is 1.51. The molecule has 3 aromatic rings. The summed E-state index contributed by atoms with van der Waals surface area (Å²) in [6, 6.07) is 8.71. The van der Waals surface area contributed by atoms with E-state index in [1.54, 1.807) is 43.0 Å². The molecule has 2 N–H and O–H groups in total. The second-order valence-corrected chi connectivity index (χ2v) is 8.40. The molecular formula is C23H26N6O5. The van der Waals surface area contributed by atoms with E-state index in [9.17, 15) is 9.90 Å². The van der Waals surface area contributed by atoms with Gasteiger partial charge in [-0.1, -0.05) is 0 Å². The molecule has 0 saturated carbocycles. The van der Waals surface area contributed by atoms with Gasteiger partial charge in [0.25, 0.3) is 5.91 Å². The second kappa shape index (κ2) is 8.92. The number of likely N-dealkylation sites (N-methyl/N-ethyl adjacent to an activating group) is 1. The highest BCUT2D eigenvalue weighted by Gasteiger charge is 2.37. The Bertz CT molecular complexity index is 1210. The van der Waals surface area contributed by atoms with Crippen molar-refractivity contribution in [1.29, 1.82) is 0 Å². The number of ether oxygens (including phenoxy) is 3. The maximum atomic E-state index is 12.3. The molecule has 2 aliphatic heterocycles. The minimum atomic E-state index is -0.613. The van der Waals surface area contributed by atoms with Crippen LogP contribution in [-0.2, 0) is 6.42 Å². The fourth-order valence-electron chi connectivity index (χ4n) is 4.40. The number of nitrogens with one attached hydrogen (secondary N) is 1. The molecule has 3 heterocycles. The molecule has 11 heteroatoms. The van der Waals surface area contributed by atoms with E-state index in [4.69, 9.17) is 14.2 Å². The van der Waals surface area contributed by atoms with Crippen LogP contribution in [-0.4, -0.2) is 76.3 Å². The Kier molecular flexibility index (Phi) is 5.80. The number of carbonyl (C=O) groups excluding carboxylic acids is 1. The van der Waals surface area contributed by atoms with Crippen molar-refractivity contribution in [2.75, 3.05) is 34.0 Å². The number of amides is 1. The van der Waals surface area contributed by atoms with E-state index in [-0.39, 0.29) is 25.3 Å². The van der Waals surface area contributed by atoms with Crippen LogP contribution in [0.25, 0.3) is 5.69 Å². The first-order chi connectivity index (χ1) is 16.5. The standard InChI is InChI=1S/C23H26N6O5/c1-13(30)11-24-23(31)14-4-6-16(7-5-14)29-22(25-26-27-29)19-18-15(8-9-28(19)2)10-17-20(21(18)32-3)34-12-33-17/h4-7,10,13,19,30H,8-9,11-12H2,1-3H3,(H,24,31)/t13-,19-/m0/s1. The topological polar surface area (TPSA) is 124 Å². The van der Waals surface area contributed by atoms with Crippen LogP contribution in [0.3, 0.4) is 0 Å². The number of rotatable bonds is 6. The van der Waals surface area contributed by atoms with Gasteiger partial charge < -0.3 is 24.6 Å². The van der Waals surface area contributed by atoms with Crippen LogP contribution in [0, 0.1) is 0 Å². The van der Waals surface area contributed by atoms with Crippen molar-refractivity contribution in [3.05, 3.63) is 52.8 Å². The lowest BCUT2D eigenvalue weighted by atomic mass is 9.90. The van der Waals surface area contributed by atoms with Crippen molar-refractivity contribution in [2.45, 2.75) is 25.5 Å². The third kappa shape index (κ3) is 3.82. The molecule has 2 aromatic carbocycles. The Morgan fingerprint density at radius 2 is 2.12 bits per heavy atom. The molecule has 0 aliphatic carbocycles. The summed E-state index contributed by atoms with van der Waals surface area (Å²) < 4.78 is 18.8. The van der Waals surface area contributed by atoms with Crippen LogP contribution in [0.5, 0.6) is 17.2 Å². The van der Waals surface area contributed by atoms with Gasteiger partial charge in [-0.15, -0.1) is 5.10 Å². The molecule has 1 aromatic heterocycles. The average Bonchev–Trinajstić information content (AvgIpc) is 3.51. The molecule has 0 saturated heterocycles. The summed E-state index contributed by atoms with van der Waals surface area (Å²) in [5.41, 5.74) is 3.25. The number of methoxy groups -OCH3 is 1. The van der Waals surface area contributed by atoms with Gasteiger partial charge in [-0.05, 0) is 66.7 Å². The number of hydrogen-bond acceptors (Lipinski definition) is 9. The highest BCUT2D eigenvalue weighted by Crippen LogP contribution is 2.50. The monoisotopic (exact) mass is 466 g/mol. The SMILES string of the molecule is COc1c2c(cc3c1[C@@H](c1nnnn1-c1ccc(C(=O)NC[C@H](C)O)cc1)N(C)CC3)OCO2. The lowest BCUT2D eigenvalue weighted by Crippen LogP contribution is -2.35. The molecule has 11 nitrogen and oxygen atoms in total. The summed E-state index contributed by atoms with van der Waals surface area (Å²) in [5.74, 6) is 2.26. The smallest absolute Gasteiger partial charge is 0.251 e. The molecule has 0 spiro atoms. The van der Waals surface area contributed by atoms with Crippen LogP contribution >= 0.6 is 0 Å². The fraction of sp³-hybridized carbons (Fsp3) is 0.391. The summed E-state index contributed by atoms with van der Waals surface area (Å²) in [4.78, 5) is 14.5. The van der Waals surface area contributed by atoms with Gasteiger partial charge in [-0.2, -0.15) is 4.68 Å². The Morgan fingerprint density at radius 3 is 2.85 bits per heavy atom. The predicted octanol–water partition coefficient (Wildman–Crippen LogP) is 1.09. The first-order valence-corrected chi connectivity index (χ1v) is 11.0. The zero-order chi connectivity index (χ0) is 23.8. The molecule has 0 unspecified atom stereocenters. The molecular weight excluding hydrogens is 440 g/mol. The van der Waals surface area contributed by atoms with Crippen molar-refractivity contribution in [3.63, 3.8) is 0 Å². The van der Waals surface area contributed by atoms with Gasteiger partial charge >= 0.3 is 0 Å². The van der Waals surface area contributed by atoms with E-state index >= 15 is 0 Å². The largest absolute Gasteiger partial charge is 0.492 e. The van der Waals surface area contributed by atoms with Crippen LogP contribution in [0.2, 0.25) is 0 Å². The molecule has 178 valence electrons. The van der Waals surface area contributed by atoms with Gasteiger partial charge in [-0.3, -0.25) is 9.69 Å². The number of benzene rings is 2. The number of tetrazole rings is 1. The fourth-order valence-corrected chi connectivity index (χ4v) is 4.40. The van der Waals surface area contributed by atoms with E-state index in [1.165, 1.54) is 0 Å². The zero-order valence-electron chi connectivity index (χ0n) is 19.2. The summed E-state index contributed by atoms with van der Waals surface area (Å²) >= 11 is 0. The number of carbonyl (C=O) groups is 1. The highest BCUT2D eigenvalue weighted by atomic mass is 16.7. The minimum absolute atomic E-state index is 0.157. The number of nitrogens with zero attached hydrogens (tertiary/aromatic N) is 5. The van der Waals surface area contributed by atoms with Gasteiger partial charge in [-0.25, -0.2) is 0 Å². The van der Waals surface area contributed by atoms with Gasteiger partial charge in [0, 0.05) is 24.2 Å². The summed E-state index contributed by atoms with van der Waals surface area (Å²) in [6.45, 7) is 2.76. The number of fused-ring (bicyclic) bond motifs is 2. The molecule has 1 amide bonds. The van der Waals surface area contributed by atoms with Crippen LogP contribution < -0.4 is 19.5 Å². The first-order valence-electron chi connectivity index (χ1n) is 11.0. The maximum absolute atomic E-state index is 12.3. The number of aromatic nitrogens is 4. The van der Waals surface area contributed by atoms with Crippen molar-refractivity contribution in [2.24, 2.45) is 0 Å². The van der Waals surface area contributed by atoms with Crippen LogP contribution in [0.4, 0.5) is 0 Å². The summed E-state index contributed by atoms with van der Waals surface area (Å²) in [7, 11) is 3.64. The summed E-state index contributed by atoms with van der Waals surface area (Å²) in [5, 5.41) is 24.6. The van der Waals surface area contributed by atoms with Crippen LogP contribution in [0.15, 0.2) is 30.3 Å². The Morgan fingerprint density at radius 1 is 1.32 bits per heavy atom. The lowest BCUT2D eigenvalue weighted by molar-refractivity contribution is 0.0924. The van der Waals surface area contributed by atoms with Gasteiger partial charge in [0.1, 0.15) is 6.04 Å². The number of aliphatic hydroxyl groups excluding tert-OH is 1. The Labute approximate surface area is 196 Å². The number of aliphatic hydroxyl groups is 1. The number of hydrogen-bond donors (Lipinski definition) is 2. The van der Waals surface area contributed by atoms with Gasteiger partial charge in [0.2, 0.25) is 12.5 Å². The lowest BCUT2D eigenvalue weighted by Gasteiger charge is -2.34. The average molecular weight is 466 g/mol. The van der Waals surface area contributed by atoms with E-state index < -0.39 is 6.10 Å². The zero-order valence-corrected chi connectivity index (χ0v) is 19.2. The molecule has 5 rings (SSSR count). The summed E-state index contributed by atoms with van der Waals surface area (Å²) in [6.07, 6.45) is 0.213. The van der Waals surface area contributed by atoms with Crippen LogP contribution in [0.1, 0.15) is 40.3 Å². The van der Waals surface area contributed by atoms with Gasteiger partial charge in [0.05, 0.1) is 18.9 Å². The molecule has 2 aliphatic rings. The van der Waals surface area contributed by atoms with E-state index in [1.807, 2.05) is 13.1 Å². The molecule has 2 atom stereocenters. The van der Waals surface area contributed by atoms with Gasteiger partial charge in [0.15, 0.2) is 17.3 Å². The Hall–Kier alpha value is -3.70. The van der Waals surface area contributed by atoms with E-state index in [0.29, 0.717) is 34.3 Å². The molecule has 0 bridgehead atoms. The molecule has 0 fully saturated rings.